The van der Waals surface area contributed by atoms with E-state index in [2.05, 4.69) is 22.1 Å². The van der Waals surface area contributed by atoms with E-state index in [-0.39, 0.29) is 5.82 Å². The van der Waals surface area contributed by atoms with Crippen molar-refractivity contribution < 1.29 is 4.39 Å². The first kappa shape index (κ1) is 16.0. The summed E-state index contributed by atoms with van der Waals surface area (Å²) in [6.07, 6.45) is 1.76. The molecule has 0 bridgehead atoms. The first-order chi connectivity index (χ1) is 11.0. The maximum absolute atomic E-state index is 13.0. The first-order valence-electron chi connectivity index (χ1n) is 7.53. The number of hydrogen-bond donors (Lipinski definition) is 0. The van der Waals surface area contributed by atoms with Crippen LogP contribution in [0.4, 0.5) is 4.39 Å². The summed E-state index contributed by atoms with van der Waals surface area (Å²) in [6.45, 7) is 5.68. The van der Waals surface area contributed by atoms with Gasteiger partial charge in [-0.05, 0) is 38.2 Å². The molecule has 1 fully saturated rings. The molecule has 1 saturated heterocycles. The average Bonchev–Trinajstić information content (AvgIpc) is 2.82. The fraction of sp³-hybridized carbons (Fsp3) is 0.375. The Morgan fingerprint density at radius 2 is 1.83 bits per heavy atom. The van der Waals surface area contributed by atoms with Gasteiger partial charge in [-0.1, -0.05) is 11.6 Å². The molecule has 5 nitrogen and oxygen atoms in total. The smallest absolute Gasteiger partial charge is 0.142 e. The summed E-state index contributed by atoms with van der Waals surface area (Å²) in [7, 11) is 2.11. The fourth-order valence-electron chi connectivity index (χ4n) is 2.46. The SMILES string of the molecule is Cc1nn(-c2ccc(F)cc2)c(Cl)c1C=NN1CCN(C)CC1. The Labute approximate surface area is 139 Å². The van der Waals surface area contributed by atoms with E-state index in [9.17, 15) is 4.39 Å². The molecule has 0 saturated carbocycles. The Balaban J connectivity index is 1.82. The lowest BCUT2D eigenvalue weighted by Gasteiger charge is -2.30. The number of rotatable bonds is 3. The number of benzene rings is 1. The van der Waals surface area contributed by atoms with Gasteiger partial charge in [0.2, 0.25) is 0 Å². The summed E-state index contributed by atoms with van der Waals surface area (Å²) in [5.74, 6) is -0.286. The van der Waals surface area contributed by atoms with Crippen molar-refractivity contribution in [2.24, 2.45) is 5.10 Å². The van der Waals surface area contributed by atoms with Gasteiger partial charge in [-0.2, -0.15) is 10.2 Å². The van der Waals surface area contributed by atoms with Crippen LogP contribution in [0.25, 0.3) is 5.69 Å². The molecule has 2 heterocycles. The molecule has 0 atom stereocenters. The standard InChI is InChI=1S/C16H19ClFN5/c1-12-15(11-19-22-9-7-21(2)8-10-22)16(17)23(20-12)14-5-3-13(18)4-6-14/h3-6,11H,7-10H2,1-2H3. The minimum atomic E-state index is -0.286. The molecule has 1 aromatic carbocycles. The number of aryl methyl sites for hydroxylation is 1. The Hall–Kier alpha value is -1.92. The number of aromatic nitrogens is 2. The molecule has 122 valence electrons. The lowest BCUT2D eigenvalue weighted by atomic mass is 10.3. The maximum Gasteiger partial charge on any atom is 0.142 e. The minimum absolute atomic E-state index is 0.286. The van der Waals surface area contributed by atoms with Crippen LogP contribution in [0.1, 0.15) is 11.3 Å². The molecular formula is C16H19ClFN5. The molecule has 2 aromatic rings. The molecule has 3 rings (SSSR count). The van der Waals surface area contributed by atoms with Crippen LogP contribution in [-0.2, 0) is 0 Å². The summed E-state index contributed by atoms with van der Waals surface area (Å²) in [5, 5.41) is 11.5. The lowest BCUT2D eigenvalue weighted by Crippen LogP contribution is -2.41. The predicted molar refractivity (Wildman–Crippen MR) is 89.9 cm³/mol. The van der Waals surface area contributed by atoms with Crippen molar-refractivity contribution in [2.45, 2.75) is 6.92 Å². The van der Waals surface area contributed by atoms with Crippen LogP contribution in [0.3, 0.4) is 0 Å². The molecule has 0 N–H and O–H groups in total. The summed E-state index contributed by atoms with van der Waals surface area (Å²) in [4.78, 5) is 2.27. The van der Waals surface area contributed by atoms with Crippen LogP contribution >= 0.6 is 11.6 Å². The second kappa shape index (κ2) is 6.68. The van der Waals surface area contributed by atoms with E-state index in [1.807, 2.05) is 11.9 Å². The van der Waals surface area contributed by atoms with Crippen LogP contribution in [-0.4, -0.2) is 59.1 Å². The van der Waals surface area contributed by atoms with Gasteiger partial charge in [-0.3, -0.25) is 5.01 Å². The topological polar surface area (TPSA) is 36.7 Å². The van der Waals surface area contributed by atoms with Crippen LogP contribution in [0.2, 0.25) is 5.15 Å². The van der Waals surface area contributed by atoms with E-state index in [0.29, 0.717) is 5.15 Å². The van der Waals surface area contributed by atoms with E-state index in [1.165, 1.54) is 12.1 Å². The van der Waals surface area contributed by atoms with E-state index >= 15 is 0 Å². The molecule has 0 aliphatic carbocycles. The Morgan fingerprint density at radius 3 is 2.48 bits per heavy atom. The van der Waals surface area contributed by atoms with E-state index in [0.717, 1.165) is 43.1 Å². The zero-order valence-electron chi connectivity index (χ0n) is 13.2. The molecule has 1 aromatic heterocycles. The summed E-state index contributed by atoms with van der Waals surface area (Å²) in [6, 6.07) is 6.07. The van der Waals surface area contributed by atoms with Crippen molar-refractivity contribution in [3.8, 4) is 5.69 Å². The van der Waals surface area contributed by atoms with Gasteiger partial charge in [0.1, 0.15) is 11.0 Å². The Kier molecular flexibility index (Phi) is 4.63. The zero-order chi connectivity index (χ0) is 16.4. The van der Waals surface area contributed by atoms with E-state index < -0.39 is 0 Å². The molecule has 7 heteroatoms. The maximum atomic E-state index is 13.0. The van der Waals surface area contributed by atoms with Crippen LogP contribution < -0.4 is 0 Å². The number of likely N-dealkylation sites (N-methyl/N-ethyl adjacent to an activating group) is 1. The van der Waals surface area contributed by atoms with Gasteiger partial charge in [0.05, 0.1) is 23.2 Å². The highest BCUT2D eigenvalue weighted by Gasteiger charge is 2.15. The molecule has 0 amide bonds. The van der Waals surface area contributed by atoms with Crippen LogP contribution in [0.5, 0.6) is 0 Å². The Morgan fingerprint density at radius 1 is 1.17 bits per heavy atom. The van der Waals surface area contributed by atoms with E-state index in [1.54, 1.807) is 23.0 Å². The highest BCUT2D eigenvalue weighted by molar-refractivity contribution is 6.32. The zero-order valence-corrected chi connectivity index (χ0v) is 14.0. The predicted octanol–water partition coefficient (Wildman–Crippen LogP) is 2.55. The molecule has 23 heavy (non-hydrogen) atoms. The monoisotopic (exact) mass is 335 g/mol. The quantitative estimate of drug-likeness (QED) is 0.809. The van der Waals surface area contributed by atoms with Gasteiger partial charge >= 0.3 is 0 Å². The van der Waals surface area contributed by atoms with Crippen LogP contribution in [0.15, 0.2) is 29.4 Å². The lowest BCUT2D eigenvalue weighted by molar-refractivity contribution is 0.159. The second-order valence-corrected chi connectivity index (χ2v) is 6.04. The number of piperazine rings is 1. The minimum Gasteiger partial charge on any atom is -0.303 e. The fourth-order valence-corrected chi connectivity index (χ4v) is 2.78. The summed E-state index contributed by atoms with van der Waals surface area (Å²) < 4.78 is 14.6. The van der Waals surface area contributed by atoms with E-state index in [4.69, 9.17) is 11.6 Å². The van der Waals surface area contributed by atoms with Crippen LogP contribution in [0, 0.1) is 12.7 Å². The molecule has 0 unspecified atom stereocenters. The van der Waals surface area contributed by atoms with Crippen molar-refractivity contribution in [2.75, 3.05) is 33.2 Å². The molecule has 0 radical (unpaired) electrons. The second-order valence-electron chi connectivity index (χ2n) is 5.68. The van der Waals surface area contributed by atoms with Gasteiger partial charge in [0.25, 0.3) is 0 Å². The number of halogens is 2. The number of nitrogens with zero attached hydrogens (tertiary/aromatic N) is 5. The van der Waals surface area contributed by atoms with Crippen molar-refractivity contribution in [3.63, 3.8) is 0 Å². The highest BCUT2D eigenvalue weighted by Crippen LogP contribution is 2.22. The third-order valence-corrected chi connectivity index (χ3v) is 4.31. The van der Waals surface area contributed by atoms with Crippen molar-refractivity contribution >= 4 is 17.8 Å². The normalized spacial score (nSPS) is 16.4. The van der Waals surface area contributed by atoms with Gasteiger partial charge in [-0.15, -0.1) is 0 Å². The Bertz CT molecular complexity index is 702. The first-order valence-corrected chi connectivity index (χ1v) is 7.91. The summed E-state index contributed by atoms with van der Waals surface area (Å²) in [5.41, 5.74) is 2.30. The molecule has 1 aliphatic heterocycles. The van der Waals surface area contributed by atoms with Gasteiger partial charge in [0.15, 0.2) is 0 Å². The third kappa shape index (κ3) is 3.54. The van der Waals surface area contributed by atoms with Crippen molar-refractivity contribution in [1.82, 2.24) is 19.7 Å². The van der Waals surface area contributed by atoms with Gasteiger partial charge < -0.3 is 4.90 Å². The highest BCUT2D eigenvalue weighted by atomic mass is 35.5. The third-order valence-electron chi connectivity index (χ3n) is 3.95. The number of hydrogen-bond acceptors (Lipinski definition) is 4. The molecule has 0 spiro atoms. The number of hydrazone groups is 1. The van der Waals surface area contributed by atoms with Gasteiger partial charge in [0, 0.05) is 26.2 Å². The van der Waals surface area contributed by atoms with Crippen molar-refractivity contribution in [3.05, 3.63) is 46.5 Å². The van der Waals surface area contributed by atoms with Crippen molar-refractivity contribution in [1.29, 1.82) is 0 Å². The average molecular weight is 336 g/mol. The molecule has 1 aliphatic rings. The van der Waals surface area contributed by atoms with Gasteiger partial charge in [-0.25, -0.2) is 9.07 Å². The largest absolute Gasteiger partial charge is 0.303 e. The summed E-state index contributed by atoms with van der Waals surface area (Å²) >= 11 is 6.43. The molecular weight excluding hydrogens is 317 g/mol.